The maximum absolute atomic E-state index is 10.8. The average molecular weight is 190 g/mol. The molecule has 0 aliphatic rings. The fourth-order valence-corrected chi connectivity index (χ4v) is 1.33. The number of nitrogens with one attached hydrogen (secondary N) is 1. The maximum atomic E-state index is 10.8. The van der Waals surface area contributed by atoms with Crippen LogP contribution in [0.2, 0.25) is 0 Å². The number of rotatable bonds is 1. The fourth-order valence-electron chi connectivity index (χ4n) is 1.33. The predicted octanol–water partition coefficient (Wildman–Crippen LogP) is 1.65. The van der Waals surface area contributed by atoms with Crippen molar-refractivity contribution in [2.24, 2.45) is 0 Å². The molecule has 0 spiro atoms. The van der Waals surface area contributed by atoms with Crippen LogP contribution in [0.15, 0.2) is 27.4 Å². The highest BCUT2D eigenvalue weighted by Crippen LogP contribution is 2.21. The molecule has 0 aliphatic carbocycles. The zero-order chi connectivity index (χ0) is 10.1. The molecule has 1 aromatic carbocycles. The first-order valence-corrected chi connectivity index (χ1v) is 4.30. The SMILES string of the molecule is Cc1cccc(-c2n[nH]c(=O)o2)c1C. The quantitative estimate of drug-likeness (QED) is 0.743. The van der Waals surface area contributed by atoms with Crippen molar-refractivity contribution in [2.75, 3.05) is 0 Å². The molecule has 72 valence electrons. The number of nitrogens with zero attached hydrogens (tertiary/aromatic N) is 1. The number of H-pyrrole nitrogens is 1. The lowest BCUT2D eigenvalue weighted by molar-refractivity contribution is 0.526. The van der Waals surface area contributed by atoms with E-state index in [1.807, 2.05) is 32.0 Å². The summed E-state index contributed by atoms with van der Waals surface area (Å²) in [6.07, 6.45) is 0. The van der Waals surface area contributed by atoms with Crippen LogP contribution in [0.5, 0.6) is 0 Å². The minimum absolute atomic E-state index is 0.344. The van der Waals surface area contributed by atoms with Crippen LogP contribution < -0.4 is 5.76 Å². The van der Waals surface area contributed by atoms with Gasteiger partial charge in [0.05, 0.1) is 0 Å². The molecule has 2 aromatic rings. The van der Waals surface area contributed by atoms with Crippen molar-refractivity contribution in [3.8, 4) is 11.5 Å². The molecule has 0 fully saturated rings. The molecule has 0 atom stereocenters. The summed E-state index contributed by atoms with van der Waals surface area (Å²) in [6.45, 7) is 3.98. The number of aryl methyl sites for hydroxylation is 1. The first-order chi connectivity index (χ1) is 6.68. The second-order valence-electron chi connectivity index (χ2n) is 3.17. The highest BCUT2D eigenvalue weighted by Gasteiger charge is 2.08. The van der Waals surface area contributed by atoms with E-state index in [4.69, 9.17) is 4.42 Å². The van der Waals surface area contributed by atoms with E-state index >= 15 is 0 Å². The van der Waals surface area contributed by atoms with Gasteiger partial charge in [-0.25, -0.2) is 9.89 Å². The van der Waals surface area contributed by atoms with E-state index in [-0.39, 0.29) is 0 Å². The van der Waals surface area contributed by atoms with Gasteiger partial charge in [0.2, 0.25) is 5.89 Å². The van der Waals surface area contributed by atoms with Crippen LogP contribution in [0.3, 0.4) is 0 Å². The Hall–Kier alpha value is -1.84. The Bertz CT molecular complexity index is 511. The predicted molar refractivity (Wildman–Crippen MR) is 52.0 cm³/mol. The molecule has 0 radical (unpaired) electrons. The minimum atomic E-state index is -0.527. The average Bonchev–Trinajstić information content (AvgIpc) is 2.57. The van der Waals surface area contributed by atoms with Crippen molar-refractivity contribution in [1.29, 1.82) is 0 Å². The molecule has 0 saturated heterocycles. The molecule has 1 N–H and O–H groups in total. The first-order valence-electron chi connectivity index (χ1n) is 4.30. The van der Waals surface area contributed by atoms with Crippen LogP contribution in [0.1, 0.15) is 11.1 Å². The van der Waals surface area contributed by atoms with Crippen LogP contribution in [-0.4, -0.2) is 10.2 Å². The summed E-state index contributed by atoms with van der Waals surface area (Å²) in [5.74, 6) is -0.183. The Morgan fingerprint density at radius 3 is 2.79 bits per heavy atom. The van der Waals surface area contributed by atoms with E-state index in [1.54, 1.807) is 0 Å². The molecule has 14 heavy (non-hydrogen) atoms. The number of aromatic amines is 1. The van der Waals surface area contributed by atoms with Gasteiger partial charge in [-0.1, -0.05) is 12.1 Å². The Labute approximate surface area is 80.6 Å². The monoisotopic (exact) mass is 190 g/mol. The molecule has 0 aliphatic heterocycles. The molecule has 1 heterocycles. The summed E-state index contributed by atoms with van der Waals surface area (Å²) in [5, 5.41) is 6.03. The van der Waals surface area contributed by atoms with Crippen molar-refractivity contribution < 1.29 is 4.42 Å². The maximum Gasteiger partial charge on any atom is 0.434 e. The van der Waals surface area contributed by atoms with Gasteiger partial charge in [-0.3, -0.25) is 0 Å². The Morgan fingerprint density at radius 2 is 2.14 bits per heavy atom. The summed E-state index contributed by atoms with van der Waals surface area (Å²) >= 11 is 0. The number of aromatic nitrogens is 2. The van der Waals surface area contributed by atoms with Crippen molar-refractivity contribution in [2.45, 2.75) is 13.8 Å². The molecule has 4 nitrogen and oxygen atoms in total. The van der Waals surface area contributed by atoms with Crippen LogP contribution in [0, 0.1) is 13.8 Å². The topological polar surface area (TPSA) is 58.9 Å². The first kappa shape index (κ1) is 8.74. The van der Waals surface area contributed by atoms with Crippen molar-refractivity contribution >= 4 is 0 Å². The molecular weight excluding hydrogens is 180 g/mol. The summed E-state index contributed by atoms with van der Waals surface area (Å²) < 4.78 is 4.88. The van der Waals surface area contributed by atoms with Crippen LogP contribution in [-0.2, 0) is 0 Å². The van der Waals surface area contributed by atoms with Crippen molar-refractivity contribution in [3.05, 3.63) is 39.9 Å². The second kappa shape index (κ2) is 3.14. The molecule has 1 aromatic heterocycles. The molecule has 4 heteroatoms. The van der Waals surface area contributed by atoms with E-state index in [2.05, 4.69) is 10.2 Å². The van der Waals surface area contributed by atoms with Gasteiger partial charge in [-0.05, 0) is 31.0 Å². The van der Waals surface area contributed by atoms with Gasteiger partial charge in [0.1, 0.15) is 0 Å². The van der Waals surface area contributed by atoms with E-state index in [1.165, 1.54) is 0 Å². The van der Waals surface area contributed by atoms with Gasteiger partial charge in [0.15, 0.2) is 0 Å². The third-order valence-corrected chi connectivity index (χ3v) is 2.27. The lowest BCUT2D eigenvalue weighted by atomic mass is 10.0. The smallest absolute Gasteiger partial charge is 0.388 e. The largest absolute Gasteiger partial charge is 0.434 e. The second-order valence-corrected chi connectivity index (χ2v) is 3.17. The Balaban J connectivity index is 2.62. The van der Waals surface area contributed by atoms with Crippen molar-refractivity contribution in [3.63, 3.8) is 0 Å². The molecule has 0 saturated carbocycles. The van der Waals surface area contributed by atoms with Gasteiger partial charge < -0.3 is 4.42 Å². The highest BCUT2D eigenvalue weighted by molar-refractivity contribution is 5.59. The fraction of sp³-hybridized carbons (Fsp3) is 0.200. The highest BCUT2D eigenvalue weighted by atomic mass is 16.4. The summed E-state index contributed by atoms with van der Waals surface area (Å²) in [5.41, 5.74) is 3.07. The number of hydrogen-bond donors (Lipinski definition) is 1. The normalized spacial score (nSPS) is 10.4. The van der Waals surface area contributed by atoms with Gasteiger partial charge >= 0.3 is 5.76 Å². The summed E-state index contributed by atoms with van der Waals surface area (Å²) in [6, 6.07) is 5.79. The van der Waals surface area contributed by atoms with E-state index < -0.39 is 5.76 Å². The number of hydrogen-bond acceptors (Lipinski definition) is 3. The Morgan fingerprint density at radius 1 is 1.36 bits per heavy atom. The van der Waals surface area contributed by atoms with E-state index in [9.17, 15) is 4.79 Å². The Kier molecular flexibility index (Phi) is 1.96. The van der Waals surface area contributed by atoms with E-state index in [0.717, 1.165) is 16.7 Å². The lowest BCUT2D eigenvalue weighted by Crippen LogP contribution is -1.93. The molecular formula is C10H10N2O2. The molecule has 0 unspecified atom stereocenters. The van der Waals surface area contributed by atoms with Crippen LogP contribution >= 0.6 is 0 Å². The molecule has 2 rings (SSSR count). The summed E-state index contributed by atoms with van der Waals surface area (Å²) in [4.78, 5) is 10.8. The number of benzene rings is 1. The van der Waals surface area contributed by atoms with Crippen LogP contribution in [0.4, 0.5) is 0 Å². The van der Waals surface area contributed by atoms with Gasteiger partial charge in [0, 0.05) is 5.56 Å². The standard InChI is InChI=1S/C10H10N2O2/c1-6-4-3-5-8(7(6)2)9-11-12-10(13)14-9/h3-5H,1-2H3,(H,12,13). The van der Waals surface area contributed by atoms with Gasteiger partial charge in [-0.15, -0.1) is 5.10 Å². The molecule has 0 amide bonds. The lowest BCUT2D eigenvalue weighted by Gasteiger charge is -2.03. The minimum Gasteiger partial charge on any atom is -0.388 e. The third-order valence-electron chi connectivity index (χ3n) is 2.27. The summed E-state index contributed by atoms with van der Waals surface area (Å²) in [7, 11) is 0. The van der Waals surface area contributed by atoms with Gasteiger partial charge in [0.25, 0.3) is 0 Å². The van der Waals surface area contributed by atoms with Gasteiger partial charge in [-0.2, -0.15) is 0 Å². The zero-order valence-corrected chi connectivity index (χ0v) is 8.00. The third kappa shape index (κ3) is 1.35. The molecule has 0 bridgehead atoms. The zero-order valence-electron chi connectivity index (χ0n) is 8.00. The van der Waals surface area contributed by atoms with Crippen molar-refractivity contribution in [1.82, 2.24) is 10.2 Å². The van der Waals surface area contributed by atoms with E-state index in [0.29, 0.717) is 5.89 Å². The van der Waals surface area contributed by atoms with Crippen LogP contribution in [0.25, 0.3) is 11.5 Å².